The van der Waals surface area contributed by atoms with E-state index in [1.165, 1.54) is 6.42 Å². The highest BCUT2D eigenvalue weighted by Crippen LogP contribution is 2.44. The van der Waals surface area contributed by atoms with Crippen LogP contribution >= 0.6 is 0 Å². The summed E-state index contributed by atoms with van der Waals surface area (Å²) in [7, 11) is 0. The van der Waals surface area contributed by atoms with Crippen LogP contribution in [-0.4, -0.2) is 6.29 Å². The van der Waals surface area contributed by atoms with E-state index in [-0.39, 0.29) is 11.3 Å². The lowest BCUT2D eigenvalue weighted by Gasteiger charge is -2.40. The van der Waals surface area contributed by atoms with Gasteiger partial charge in [0.25, 0.3) is 0 Å². The topological polar surface area (TPSA) is 17.1 Å². The van der Waals surface area contributed by atoms with Gasteiger partial charge in [-0.25, -0.2) is 0 Å². The Labute approximate surface area is 74.9 Å². The molecule has 1 saturated carbocycles. The molecule has 0 radical (unpaired) electrons. The number of hydrogen-bond acceptors (Lipinski definition) is 1. The smallest absolute Gasteiger partial charge is 0.127 e. The highest BCUT2D eigenvalue weighted by molar-refractivity contribution is 5.60. The normalized spacial score (nSPS) is 34.8. The van der Waals surface area contributed by atoms with Crippen molar-refractivity contribution in [2.24, 2.45) is 17.3 Å². The summed E-state index contributed by atoms with van der Waals surface area (Å²) in [5, 5.41) is 0. The van der Waals surface area contributed by atoms with Crippen LogP contribution < -0.4 is 0 Å². The SMILES string of the molecule is C=C1C(C)CCC(C)(C)C1C=O. The Morgan fingerprint density at radius 2 is 2.17 bits per heavy atom. The molecule has 1 rings (SSSR count). The lowest BCUT2D eigenvalue weighted by atomic mass is 9.64. The van der Waals surface area contributed by atoms with E-state index in [0.717, 1.165) is 18.3 Å². The highest BCUT2D eigenvalue weighted by Gasteiger charge is 2.37. The number of aldehydes is 1. The van der Waals surface area contributed by atoms with E-state index in [9.17, 15) is 4.79 Å². The van der Waals surface area contributed by atoms with Crippen molar-refractivity contribution in [3.63, 3.8) is 0 Å². The van der Waals surface area contributed by atoms with E-state index in [0.29, 0.717) is 5.92 Å². The molecule has 0 amide bonds. The number of carbonyl (C=O) groups excluding carboxylic acids is 1. The van der Waals surface area contributed by atoms with Crippen molar-refractivity contribution in [3.05, 3.63) is 12.2 Å². The van der Waals surface area contributed by atoms with E-state index < -0.39 is 0 Å². The first-order chi connectivity index (χ1) is 5.49. The van der Waals surface area contributed by atoms with Crippen LogP contribution in [0.4, 0.5) is 0 Å². The third kappa shape index (κ3) is 1.45. The first-order valence-electron chi connectivity index (χ1n) is 4.63. The van der Waals surface area contributed by atoms with Crippen LogP contribution in [-0.2, 0) is 4.79 Å². The Kier molecular flexibility index (Phi) is 2.41. The van der Waals surface area contributed by atoms with Crippen LogP contribution in [0.15, 0.2) is 12.2 Å². The maximum absolute atomic E-state index is 10.9. The van der Waals surface area contributed by atoms with Gasteiger partial charge in [-0.15, -0.1) is 0 Å². The molecular weight excluding hydrogens is 148 g/mol. The van der Waals surface area contributed by atoms with E-state index in [2.05, 4.69) is 27.4 Å². The molecule has 12 heavy (non-hydrogen) atoms. The number of hydrogen-bond donors (Lipinski definition) is 0. The third-order valence-corrected chi connectivity index (χ3v) is 3.23. The zero-order valence-electron chi connectivity index (χ0n) is 8.26. The Bertz CT molecular complexity index is 203. The van der Waals surface area contributed by atoms with Crippen LogP contribution in [0.3, 0.4) is 0 Å². The molecule has 0 aromatic carbocycles. The van der Waals surface area contributed by atoms with Gasteiger partial charge < -0.3 is 4.79 Å². The molecule has 2 unspecified atom stereocenters. The molecule has 0 spiro atoms. The average Bonchev–Trinajstić information content (AvgIpc) is 1.99. The molecule has 1 heteroatoms. The van der Waals surface area contributed by atoms with Crippen LogP contribution in [0.25, 0.3) is 0 Å². The van der Waals surface area contributed by atoms with Crippen LogP contribution in [0.1, 0.15) is 33.6 Å². The minimum absolute atomic E-state index is 0.0706. The lowest BCUT2D eigenvalue weighted by molar-refractivity contribution is -0.113. The summed E-state index contributed by atoms with van der Waals surface area (Å²) in [6.45, 7) is 10.5. The maximum atomic E-state index is 10.9. The second-order valence-electron chi connectivity index (χ2n) is 4.62. The number of rotatable bonds is 1. The summed E-state index contributed by atoms with van der Waals surface area (Å²) in [5.74, 6) is 0.592. The number of carbonyl (C=O) groups is 1. The molecule has 0 heterocycles. The zero-order valence-corrected chi connectivity index (χ0v) is 8.26. The van der Waals surface area contributed by atoms with Gasteiger partial charge in [0.1, 0.15) is 6.29 Å². The molecule has 0 aliphatic heterocycles. The van der Waals surface area contributed by atoms with Crippen molar-refractivity contribution in [1.82, 2.24) is 0 Å². The van der Waals surface area contributed by atoms with Crippen molar-refractivity contribution in [2.45, 2.75) is 33.6 Å². The van der Waals surface area contributed by atoms with E-state index in [1.54, 1.807) is 0 Å². The molecule has 0 saturated heterocycles. The van der Waals surface area contributed by atoms with E-state index in [4.69, 9.17) is 0 Å². The summed E-state index contributed by atoms with van der Waals surface area (Å²) < 4.78 is 0. The summed E-state index contributed by atoms with van der Waals surface area (Å²) in [4.78, 5) is 10.9. The van der Waals surface area contributed by atoms with Gasteiger partial charge in [-0.05, 0) is 24.2 Å². The fourth-order valence-electron chi connectivity index (χ4n) is 2.01. The van der Waals surface area contributed by atoms with Crippen molar-refractivity contribution < 1.29 is 4.79 Å². The first-order valence-corrected chi connectivity index (χ1v) is 4.63. The molecule has 0 aromatic heterocycles. The predicted molar refractivity (Wildman–Crippen MR) is 50.9 cm³/mol. The molecule has 1 aliphatic carbocycles. The molecule has 0 aromatic rings. The summed E-state index contributed by atoms with van der Waals surface area (Å²) in [6.07, 6.45) is 3.38. The fraction of sp³-hybridized carbons (Fsp3) is 0.727. The highest BCUT2D eigenvalue weighted by atomic mass is 16.1. The summed E-state index contributed by atoms with van der Waals surface area (Å²) >= 11 is 0. The first kappa shape index (κ1) is 9.50. The van der Waals surface area contributed by atoms with Gasteiger partial charge in [0.15, 0.2) is 0 Å². The number of allylic oxidation sites excluding steroid dienone is 1. The van der Waals surface area contributed by atoms with E-state index >= 15 is 0 Å². The zero-order chi connectivity index (χ0) is 9.35. The minimum Gasteiger partial charge on any atom is -0.303 e. The van der Waals surface area contributed by atoms with Crippen LogP contribution in [0.5, 0.6) is 0 Å². The standard InChI is InChI=1S/C11H18O/c1-8-5-6-11(3,4)10(7-12)9(8)2/h7-8,10H,2,5-6H2,1,3-4H3. The Morgan fingerprint density at radius 1 is 1.58 bits per heavy atom. The summed E-state index contributed by atoms with van der Waals surface area (Å²) in [6, 6.07) is 0. The van der Waals surface area contributed by atoms with Gasteiger partial charge in [-0.2, -0.15) is 0 Å². The van der Waals surface area contributed by atoms with Gasteiger partial charge in [-0.1, -0.05) is 32.9 Å². The average molecular weight is 166 g/mol. The molecule has 0 N–H and O–H groups in total. The van der Waals surface area contributed by atoms with Crippen molar-refractivity contribution in [3.8, 4) is 0 Å². The largest absolute Gasteiger partial charge is 0.303 e. The molecule has 68 valence electrons. The van der Waals surface area contributed by atoms with E-state index in [1.807, 2.05) is 0 Å². The van der Waals surface area contributed by atoms with Gasteiger partial charge in [-0.3, -0.25) is 0 Å². The Balaban J connectivity index is 2.86. The van der Waals surface area contributed by atoms with Gasteiger partial charge >= 0.3 is 0 Å². The van der Waals surface area contributed by atoms with Crippen LogP contribution in [0.2, 0.25) is 0 Å². The Morgan fingerprint density at radius 3 is 2.58 bits per heavy atom. The third-order valence-electron chi connectivity index (χ3n) is 3.23. The van der Waals surface area contributed by atoms with Gasteiger partial charge in [0.05, 0.1) is 0 Å². The summed E-state index contributed by atoms with van der Waals surface area (Å²) in [5.41, 5.74) is 1.26. The lowest BCUT2D eigenvalue weighted by Crippen LogP contribution is -2.33. The fourth-order valence-corrected chi connectivity index (χ4v) is 2.01. The maximum Gasteiger partial charge on any atom is 0.127 e. The quantitative estimate of drug-likeness (QED) is 0.432. The second-order valence-corrected chi connectivity index (χ2v) is 4.62. The molecule has 2 atom stereocenters. The van der Waals surface area contributed by atoms with Crippen molar-refractivity contribution in [2.75, 3.05) is 0 Å². The van der Waals surface area contributed by atoms with Crippen LogP contribution in [0, 0.1) is 17.3 Å². The molecule has 1 nitrogen and oxygen atoms in total. The van der Waals surface area contributed by atoms with Crippen molar-refractivity contribution in [1.29, 1.82) is 0 Å². The second kappa shape index (κ2) is 3.04. The van der Waals surface area contributed by atoms with Gasteiger partial charge in [0, 0.05) is 5.92 Å². The van der Waals surface area contributed by atoms with Crippen molar-refractivity contribution >= 4 is 6.29 Å². The molecule has 0 bridgehead atoms. The molecular formula is C11H18O. The minimum atomic E-state index is 0.0706. The van der Waals surface area contributed by atoms with Gasteiger partial charge in [0.2, 0.25) is 0 Å². The monoisotopic (exact) mass is 166 g/mol. The molecule has 1 fully saturated rings. The predicted octanol–water partition coefficient (Wildman–Crippen LogP) is 2.81. The Hall–Kier alpha value is -0.590. The molecule has 1 aliphatic rings.